The van der Waals surface area contributed by atoms with Crippen LogP contribution in [0, 0.1) is 10.5 Å². The molecule has 0 bridgehead atoms. The topological polar surface area (TPSA) is 17.1 Å². The first-order valence-corrected chi connectivity index (χ1v) is 5.53. The lowest BCUT2D eigenvalue weighted by molar-refractivity contribution is 0.0992. The Hall–Kier alpha value is -0.640. The van der Waals surface area contributed by atoms with E-state index in [0.29, 0.717) is 6.42 Å². The third-order valence-electron chi connectivity index (χ3n) is 1.95. The standard InChI is InChI=1S/C12H13IO/c1-8(2)7-11(14)10-6-4-5-9(3)12(10)13/h4-6H,1,7H2,2-3H3. The summed E-state index contributed by atoms with van der Waals surface area (Å²) in [5.74, 6) is 0.158. The molecule has 0 spiro atoms. The van der Waals surface area contributed by atoms with Gasteiger partial charge < -0.3 is 0 Å². The Morgan fingerprint density at radius 3 is 2.71 bits per heavy atom. The minimum absolute atomic E-state index is 0.158. The van der Waals surface area contributed by atoms with E-state index in [0.717, 1.165) is 20.3 Å². The van der Waals surface area contributed by atoms with Crippen LogP contribution in [0.5, 0.6) is 0 Å². The fourth-order valence-electron chi connectivity index (χ4n) is 1.23. The van der Waals surface area contributed by atoms with Crippen LogP contribution in [0.2, 0.25) is 0 Å². The van der Waals surface area contributed by atoms with Crippen molar-refractivity contribution >= 4 is 28.4 Å². The Morgan fingerprint density at radius 2 is 2.14 bits per heavy atom. The van der Waals surface area contributed by atoms with Crippen LogP contribution >= 0.6 is 22.6 Å². The highest BCUT2D eigenvalue weighted by atomic mass is 127. The lowest BCUT2D eigenvalue weighted by atomic mass is 10.0. The van der Waals surface area contributed by atoms with E-state index in [9.17, 15) is 4.79 Å². The third-order valence-corrected chi connectivity index (χ3v) is 3.39. The molecule has 1 aromatic carbocycles. The summed E-state index contributed by atoms with van der Waals surface area (Å²) in [5, 5.41) is 0. The fraction of sp³-hybridized carbons (Fsp3) is 0.250. The number of ketones is 1. The van der Waals surface area contributed by atoms with E-state index in [1.54, 1.807) is 0 Å². The lowest BCUT2D eigenvalue weighted by Gasteiger charge is -2.05. The molecule has 1 nitrogen and oxygen atoms in total. The zero-order valence-electron chi connectivity index (χ0n) is 8.43. The maximum Gasteiger partial charge on any atom is 0.167 e. The van der Waals surface area contributed by atoms with Gasteiger partial charge in [0.05, 0.1) is 0 Å². The molecule has 0 aliphatic rings. The summed E-state index contributed by atoms with van der Waals surface area (Å²) < 4.78 is 1.05. The molecule has 0 atom stereocenters. The molecule has 2 heteroatoms. The smallest absolute Gasteiger partial charge is 0.167 e. The number of benzene rings is 1. The number of hydrogen-bond acceptors (Lipinski definition) is 1. The van der Waals surface area contributed by atoms with E-state index in [4.69, 9.17) is 0 Å². The Balaban J connectivity index is 3.01. The number of carbonyl (C=O) groups excluding carboxylic acids is 1. The molecule has 1 aromatic rings. The number of allylic oxidation sites excluding steroid dienone is 1. The highest BCUT2D eigenvalue weighted by molar-refractivity contribution is 14.1. The molecule has 0 amide bonds. The van der Waals surface area contributed by atoms with Gasteiger partial charge in [-0.2, -0.15) is 0 Å². The average Bonchev–Trinajstić information content (AvgIpc) is 2.08. The van der Waals surface area contributed by atoms with Gasteiger partial charge in [-0.05, 0) is 42.0 Å². The molecule has 0 N–H and O–H groups in total. The second kappa shape index (κ2) is 4.73. The number of hydrogen-bond donors (Lipinski definition) is 0. The largest absolute Gasteiger partial charge is 0.294 e. The first-order valence-electron chi connectivity index (χ1n) is 4.45. The van der Waals surface area contributed by atoms with Crippen molar-refractivity contribution < 1.29 is 4.79 Å². The molecule has 14 heavy (non-hydrogen) atoms. The first kappa shape index (κ1) is 11.4. The Morgan fingerprint density at radius 1 is 1.50 bits per heavy atom. The van der Waals surface area contributed by atoms with Crippen LogP contribution in [0.1, 0.15) is 29.3 Å². The summed E-state index contributed by atoms with van der Waals surface area (Å²) in [4.78, 5) is 11.8. The molecule has 0 aliphatic heterocycles. The van der Waals surface area contributed by atoms with Crippen molar-refractivity contribution in [1.82, 2.24) is 0 Å². The molecular weight excluding hydrogens is 287 g/mol. The molecule has 0 heterocycles. The van der Waals surface area contributed by atoms with Crippen LogP contribution in [0.3, 0.4) is 0 Å². The minimum Gasteiger partial charge on any atom is -0.294 e. The van der Waals surface area contributed by atoms with Crippen molar-refractivity contribution in [3.05, 3.63) is 45.0 Å². The van der Waals surface area contributed by atoms with Gasteiger partial charge in [0.1, 0.15) is 0 Å². The SMILES string of the molecule is C=C(C)CC(=O)c1cccc(C)c1I. The molecule has 0 aliphatic carbocycles. The highest BCUT2D eigenvalue weighted by Gasteiger charge is 2.10. The van der Waals surface area contributed by atoms with Crippen LogP contribution in [-0.2, 0) is 0 Å². The normalized spacial score (nSPS) is 9.93. The summed E-state index contributed by atoms with van der Waals surface area (Å²) in [5.41, 5.74) is 2.87. The zero-order valence-corrected chi connectivity index (χ0v) is 10.6. The number of carbonyl (C=O) groups is 1. The quantitative estimate of drug-likeness (QED) is 0.472. The van der Waals surface area contributed by atoms with E-state index in [1.807, 2.05) is 32.0 Å². The second-order valence-corrected chi connectivity index (χ2v) is 4.57. The van der Waals surface area contributed by atoms with E-state index >= 15 is 0 Å². The molecule has 1 rings (SSSR count). The number of rotatable bonds is 3. The molecule has 0 unspecified atom stereocenters. The predicted molar refractivity (Wildman–Crippen MR) is 67.7 cm³/mol. The Kier molecular flexibility index (Phi) is 3.86. The molecular formula is C12H13IO. The zero-order chi connectivity index (χ0) is 10.7. The van der Waals surface area contributed by atoms with Gasteiger partial charge in [-0.25, -0.2) is 0 Å². The van der Waals surface area contributed by atoms with Gasteiger partial charge >= 0.3 is 0 Å². The monoisotopic (exact) mass is 300 g/mol. The van der Waals surface area contributed by atoms with Crippen LogP contribution in [0.4, 0.5) is 0 Å². The van der Waals surface area contributed by atoms with Crippen molar-refractivity contribution in [1.29, 1.82) is 0 Å². The van der Waals surface area contributed by atoms with Crippen LogP contribution in [-0.4, -0.2) is 5.78 Å². The Bertz CT molecular complexity index is 380. The van der Waals surface area contributed by atoms with E-state index in [2.05, 4.69) is 29.2 Å². The lowest BCUT2D eigenvalue weighted by Crippen LogP contribution is -2.03. The van der Waals surface area contributed by atoms with Gasteiger partial charge in [-0.1, -0.05) is 30.4 Å². The summed E-state index contributed by atoms with van der Waals surface area (Å²) in [6, 6.07) is 5.81. The maximum absolute atomic E-state index is 11.8. The van der Waals surface area contributed by atoms with Gasteiger partial charge in [-0.15, -0.1) is 0 Å². The van der Waals surface area contributed by atoms with E-state index < -0.39 is 0 Å². The highest BCUT2D eigenvalue weighted by Crippen LogP contribution is 2.19. The van der Waals surface area contributed by atoms with Crippen molar-refractivity contribution in [3.63, 3.8) is 0 Å². The predicted octanol–water partition coefficient (Wildman–Crippen LogP) is 3.75. The van der Waals surface area contributed by atoms with E-state index in [-0.39, 0.29) is 5.78 Å². The Labute approximate surface area is 98.4 Å². The molecule has 0 radical (unpaired) electrons. The first-order chi connectivity index (χ1) is 6.52. The van der Waals surface area contributed by atoms with Gasteiger partial charge in [0, 0.05) is 15.6 Å². The van der Waals surface area contributed by atoms with Gasteiger partial charge in [-0.3, -0.25) is 4.79 Å². The van der Waals surface area contributed by atoms with Crippen molar-refractivity contribution in [2.75, 3.05) is 0 Å². The number of Topliss-reactive ketones (excluding diaryl/α,β-unsaturated/α-hetero) is 1. The summed E-state index contributed by atoms with van der Waals surface area (Å²) in [7, 11) is 0. The fourth-order valence-corrected chi connectivity index (χ4v) is 1.89. The number of aryl methyl sites for hydroxylation is 1. The van der Waals surface area contributed by atoms with Crippen molar-refractivity contribution in [2.24, 2.45) is 0 Å². The third kappa shape index (κ3) is 2.67. The minimum atomic E-state index is 0.158. The second-order valence-electron chi connectivity index (χ2n) is 3.49. The molecule has 0 aromatic heterocycles. The molecule has 74 valence electrons. The maximum atomic E-state index is 11.8. The van der Waals surface area contributed by atoms with Gasteiger partial charge in [0.2, 0.25) is 0 Å². The van der Waals surface area contributed by atoms with Crippen molar-refractivity contribution in [2.45, 2.75) is 20.3 Å². The summed E-state index contributed by atoms with van der Waals surface area (Å²) >= 11 is 2.22. The van der Waals surface area contributed by atoms with Crippen LogP contribution in [0.25, 0.3) is 0 Å². The average molecular weight is 300 g/mol. The summed E-state index contributed by atoms with van der Waals surface area (Å²) in [6.45, 7) is 7.64. The molecule has 0 saturated heterocycles. The van der Waals surface area contributed by atoms with Gasteiger partial charge in [0.25, 0.3) is 0 Å². The van der Waals surface area contributed by atoms with Crippen LogP contribution in [0.15, 0.2) is 30.4 Å². The number of halogens is 1. The van der Waals surface area contributed by atoms with Crippen LogP contribution < -0.4 is 0 Å². The molecule has 0 fully saturated rings. The molecule has 0 saturated carbocycles. The van der Waals surface area contributed by atoms with Gasteiger partial charge in [0.15, 0.2) is 5.78 Å². The van der Waals surface area contributed by atoms with E-state index in [1.165, 1.54) is 0 Å². The summed E-state index contributed by atoms with van der Waals surface area (Å²) in [6.07, 6.45) is 0.444. The van der Waals surface area contributed by atoms with Crippen molar-refractivity contribution in [3.8, 4) is 0 Å².